The predicted octanol–water partition coefficient (Wildman–Crippen LogP) is 3.53. The van der Waals surface area contributed by atoms with Crippen LogP contribution in [0.25, 0.3) is 0 Å². The molecule has 1 aromatic carbocycles. The highest BCUT2D eigenvalue weighted by Crippen LogP contribution is 2.17. The standard InChI is InChI=1S/C15H15ClN2O/c1-10-6-7-13(9-17-10)15(19)18-11(2)12-4-3-5-14(16)8-12/h3-9,11H,1-2H3,(H,18,19). The monoisotopic (exact) mass is 274 g/mol. The topological polar surface area (TPSA) is 42.0 Å². The van der Waals surface area contributed by atoms with Crippen molar-refractivity contribution in [1.82, 2.24) is 10.3 Å². The molecule has 0 bridgehead atoms. The van der Waals surface area contributed by atoms with E-state index in [1.165, 1.54) is 0 Å². The largest absolute Gasteiger partial charge is 0.345 e. The number of halogens is 1. The molecule has 0 aliphatic heterocycles. The van der Waals surface area contributed by atoms with Gasteiger partial charge in [-0.05, 0) is 43.7 Å². The zero-order chi connectivity index (χ0) is 13.8. The molecule has 0 saturated carbocycles. The van der Waals surface area contributed by atoms with Crippen molar-refractivity contribution in [2.75, 3.05) is 0 Å². The fourth-order valence-electron chi connectivity index (χ4n) is 1.74. The maximum Gasteiger partial charge on any atom is 0.253 e. The summed E-state index contributed by atoms with van der Waals surface area (Å²) in [6.07, 6.45) is 1.58. The summed E-state index contributed by atoms with van der Waals surface area (Å²) in [6, 6.07) is 10.9. The molecule has 2 rings (SSSR count). The second-order valence-electron chi connectivity index (χ2n) is 4.44. The molecular formula is C15H15ClN2O. The first kappa shape index (κ1) is 13.6. The first-order chi connectivity index (χ1) is 9.06. The van der Waals surface area contributed by atoms with Gasteiger partial charge >= 0.3 is 0 Å². The van der Waals surface area contributed by atoms with Crippen LogP contribution in [0, 0.1) is 6.92 Å². The zero-order valence-corrected chi connectivity index (χ0v) is 11.6. The van der Waals surface area contributed by atoms with Gasteiger partial charge in [0.25, 0.3) is 5.91 Å². The number of amides is 1. The quantitative estimate of drug-likeness (QED) is 0.930. The molecule has 0 radical (unpaired) electrons. The summed E-state index contributed by atoms with van der Waals surface area (Å²) in [4.78, 5) is 16.2. The molecule has 1 aromatic heterocycles. The summed E-state index contributed by atoms with van der Waals surface area (Å²) in [7, 11) is 0. The van der Waals surface area contributed by atoms with Crippen LogP contribution in [0.3, 0.4) is 0 Å². The highest BCUT2D eigenvalue weighted by atomic mass is 35.5. The SMILES string of the molecule is Cc1ccc(C(=O)NC(C)c2cccc(Cl)c2)cn1. The number of carbonyl (C=O) groups excluding carboxylic acids is 1. The molecule has 0 aliphatic rings. The van der Waals surface area contributed by atoms with Crippen LogP contribution in [0.1, 0.15) is 34.6 Å². The minimum Gasteiger partial charge on any atom is -0.345 e. The average molecular weight is 275 g/mol. The third-order valence-electron chi connectivity index (χ3n) is 2.87. The number of rotatable bonds is 3. The predicted molar refractivity (Wildman–Crippen MR) is 76.3 cm³/mol. The van der Waals surface area contributed by atoms with E-state index in [9.17, 15) is 4.79 Å². The van der Waals surface area contributed by atoms with Gasteiger partial charge in [0.15, 0.2) is 0 Å². The molecule has 0 spiro atoms. The fourth-order valence-corrected chi connectivity index (χ4v) is 1.94. The van der Waals surface area contributed by atoms with Crippen molar-refractivity contribution >= 4 is 17.5 Å². The molecule has 0 aliphatic carbocycles. The highest BCUT2D eigenvalue weighted by molar-refractivity contribution is 6.30. The van der Waals surface area contributed by atoms with Gasteiger partial charge in [-0.25, -0.2) is 0 Å². The molecule has 98 valence electrons. The molecule has 1 atom stereocenters. The van der Waals surface area contributed by atoms with Crippen LogP contribution in [-0.2, 0) is 0 Å². The van der Waals surface area contributed by atoms with Crippen molar-refractivity contribution in [3.63, 3.8) is 0 Å². The molecule has 3 nitrogen and oxygen atoms in total. The Kier molecular flexibility index (Phi) is 4.17. The normalized spacial score (nSPS) is 11.9. The molecule has 1 amide bonds. The van der Waals surface area contributed by atoms with Gasteiger partial charge in [0.05, 0.1) is 11.6 Å². The maximum atomic E-state index is 12.0. The number of carbonyl (C=O) groups is 1. The van der Waals surface area contributed by atoms with Gasteiger partial charge in [-0.1, -0.05) is 23.7 Å². The van der Waals surface area contributed by atoms with E-state index < -0.39 is 0 Å². The number of hydrogen-bond donors (Lipinski definition) is 1. The number of pyridine rings is 1. The lowest BCUT2D eigenvalue weighted by atomic mass is 10.1. The lowest BCUT2D eigenvalue weighted by Gasteiger charge is -2.14. The van der Waals surface area contributed by atoms with Crippen LogP contribution in [0.15, 0.2) is 42.6 Å². The number of nitrogens with one attached hydrogen (secondary N) is 1. The van der Waals surface area contributed by atoms with E-state index in [4.69, 9.17) is 11.6 Å². The molecule has 0 fully saturated rings. The first-order valence-corrected chi connectivity index (χ1v) is 6.43. The van der Waals surface area contributed by atoms with Gasteiger partial charge in [-0.15, -0.1) is 0 Å². The average Bonchev–Trinajstić information content (AvgIpc) is 2.39. The smallest absolute Gasteiger partial charge is 0.253 e. The van der Waals surface area contributed by atoms with Crippen LogP contribution in [0.4, 0.5) is 0 Å². The van der Waals surface area contributed by atoms with Crippen LogP contribution in [0.2, 0.25) is 5.02 Å². The van der Waals surface area contributed by atoms with Crippen molar-refractivity contribution in [3.05, 3.63) is 64.4 Å². The Morgan fingerprint density at radius 1 is 1.32 bits per heavy atom. The molecule has 1 N–H and O–H groups in total. The van der Waals surface area contributed by atoms with E-state index in [0.29, 0.717) is 10.6 Å². The minimum atomic E-state index is -0.139. The van der Waals surface area contributed by atoms with Crippen molar-refractivity contribution < 1.29 is 4.79 Å². The number of aryl methyl sites for hydroxylation is 1. The number of hydrogen-bond acceptors (Lipinski definition) is 2. The van der Waals surface area contributed by atoms with Crippen molar-refractivity contribution in [2.45, 2.75) is 19.9 Å². The second kappa shape index (κ2) is 5.85. The Morgan fingerprint density at radius 3 is 2.74 bits per heavy atom. The van der Waals surface area contributed by atoms with Crippen molar-refractivity contribution in [3.8, 4) is 0 Å². The van der Waals surface area contributed by atoms with E-state index in [2.05, 4.69) is 10.3 Å². The summed E-state index contributed by atoms with van der Waals surface area (Å²) in [5.74, 6) is -0.139. The first-order valence-electron chi connectivity index (χ1n) is 6.05. The third kappa shape index (κ3) is 3.55. The van der Waals surface area contributed by atoms with Crippen LogP contribution in [0.5, 0.6) is 0 Å². The van der Waals surface area contributed by atoms with E-state index in [1.54, 1.807) is 12.3 Å². The Labute approximate surface area is 117 Å². The molecule has 1 heterocycles. The van der Waals surface area contributed by atoms with Crippen LogP contribution < -0.4 is 5.32 Å². The summed E-state index contributed by atoms with van der Waals surface area (Å²) in [6.45, 7) is 3.81. The maximum absolute atomic E-state index is 12.0. The van der Waals surface area contributed by atoms with Crippen LogP contribution in [-0.4, -0.2) is 10.9 Å². The Hall–Kier alpha value is -1.87. The molecule has 2 aromatic rings. The number of nitrogens with zero attached hydrogens (tertiary/aromatic N) is 1. The Morgan fingerprint density at radius 2 is 2.11 bits per heavy atom. The van der Waals surface area contributed by atoms with E-state index >= 15 is 0 Å². The van der Waals surface area contributed by atoms with Gasteiger partial charge in [-0.3, -0.25) is 9.78 Å². The lowest BCUT2D eigenvalue weighted by molar-refractivity contribution is 0.0939. The molecule has 1 unspecified atom stereocenters. The lowest BCUT2D eigenvalue weighted by Crippen LogP contribution is -2.26. The Balaban J connectivity index is 2.08. The fraction of sp³-hybridized carbons (Fsp3) is 0.200. The Bertz CT molecular complexity index is 581. The number of aromatic nitrogens is 1. The number of benzene rings is 1. The van der Waals surface area contributed by atoms with E-state index in [-0.39, 0.29) is 11.9 Å². The molecular weight excluding hydrogens is 260 g/mol. The molecule has 4 heteroatoms. The van der Waals surface area contributed by atoms with E-state index in [1.807, 2.05) is 44.2 Å². The third-order valence-corrected chi connectivity index (χ3v) is 3.10. The van der Waals surface area contributed by atoms with Gasteiger partial charge in [0, 0.05) is 16.9 Å². The second-order valence-corrected chi connectivity index (χ2v) is 4.87. The van der Waals surface area contributed by atoms with Gasteiger partial charge < -0.3 is 5.32 Å². The van der Waals surface area contributed by atoms with Gasteiger partial charge in [0.1, 0.15) is 0 Å². The summed E-state index contributed by atoms with van der Waals surface area (Å²) >= 11 is 5.94. The van der Waals surface area contributed by atoms with Crippen molar-refractivity contribution in [1.29, 1.82) is 0 Å². The van der Waals surface area contributed by atoms with Crippen molar-refractivity contribution in [2.24, 2.45) is 0 Å². The van der Waals surface area contributed by atoms with E-state index in [0.717, 1.165) is 11.3 Å². The molecule has 0 saturated heterocycles. The summed E-state index contributed by atoms with van der Waals surface area (Å²) < 4.78 is 0. The van der Waals surface area contributed by atoms with Crippen LogP contribution >= 0.6 is 11.6 Å². The minimum absolute atomic E-state index is 0.104. The summed E-state index contributed by atoms with van der Waals surface area (Å²) in [5, 5.41) is 3.58. The zero-order valence-electron chi connectivity index (χ0n) is 10.9. The highest BCUT2D eigenvalue weighted by Gasteiger charge is 2.11. The van der Waals surface area contributed by atoms with Gasteiger partial charge in [-0.2, -0.15) is 0 Å². The summed E-state index contributed by atoms with van der Waals surface area (Å²) in [5.41, 5.74) is 2.42. The molecule has 19 heavy (non-hydrogen) atoms. The van der Waals surface area contributed by atoms with Gasteiger partial charge in [0.2, 0.25) is 0 Å².